The van der Waals surface area contributed by atoms with Crippen molar-refractivity contribution in [2.45, 2.75) is 70.3 Å². The maximum Gasteiger partial charge on any atom is 0.0656 e. The van der Waals surface area contributed by atoms with Gasteiger partial charge in [-0.1, -0.05) is 38.1 Å². The molecule has 0 bridgehead atoms. The Morgan fingerprint density at radius 1 is 1.15 bits per heavy atom. The Hall–Kier alpha value is -0.820. The maximum atomic E-state index is 11.0. The van der Waals surface area contributed by atoms with E-state index in [-0.39, 0.29) is 0 Å². The van der Waals surface area contributed by atoms with E-state index >= 15 is 0 Å². The van der Waals surface area contributed by atoms with E-state index < -0.39 is 5.60 Å². The van der Waals surface area contributed by atoms with Gasteiger partial charge in [0, 0.05) is 0 Å². The van der Waals surface area contributed by atoms with E-state index in [1.807, 2.05) is 0 Å². The molecule has 1 N–H and O–H groups in total. The van der Waals surface area contributed by atoms with Gasteiger partial charge >= 0.3 is 0 Å². The Labute approximate surface area is 123 Å². The Balaban J connectivity index is 1.75. The maximum absolute atomic E-state index is 11.0. The molecule has 4 atom stereocenters. The lowest BCUT2D eigenvalue weighted by molar-refractivity contribution is -0.0410. The van der Waals surface area contributed by atoms with Gasteiger partial charge in [0.25, 0.3) is 0 Å². The van der Waals surface area contributed by atoms with Gasteiger partial charge in [-0.25, -0.2) is 0 Å². The van der Waals surface area contributed by atoms with Crippen molar-refractivity contribution in [2.75, 3.05) is 0 Å². The molecule has 0 spiro atoms. The lowest BCUT2D eigenvalue weighted by Crippen LogP contribution is -2.39. The molecule has 20 heavy (non-hydrogen) atoms. The van der Waals surface area contributed by atoms with Gasteiger partial charge in [0.2, 0.25) is 0 Å². The van der Waals surface area contributed by atoms with Gasteiger partial charge in [-0.15, -0.1) is 0 Å². The van der Waals surface area contributed by atoms with Crippen LogP contribution in [-0.4, -0.2) is 10.7 Å². The van der Waals surface area contributed by atoms with Crippen molar-refractivity contribution in [3.05, 3.63) is 35.4 Å². The first-order valence-corrected chi connectivity index (χ1v) is 8.37. The monoisotopic (exact) mass is 272 g/mol. The fourth-order valence-electron chi connectivity index (χ4n) is 4.39. The second kappa shape index (κ2) is 5.52. The summed E-state index contributed by atoms with van der Waals surface area (Å²) >= 11 is 0. The lowest BCUT2D eigenvalue weighted by atomic mass is 9.67. The zero-order chi connectivity index (χ0) is 14.2. The number of hydrogen-bond donors (Lipinski definition) is 1. The highest BCUT2D eigenvalue weighted by molar-refractivity contribution is 5.32. The molecule has 0 saturated heterocycles. The van der Waals surface area contributed by atoms with Crippen LogP contribution in [0.4, 0.5) is 0 Å². The van der Waals surface area contributed by atoms with E-state index in [4.69, 9.17) is 0 Å². The van der Waals surface area contributed by atoms with Crippen LogP contribution in [0.2, 0.25) is 0 Å². The highest BCUT2D eigenvalue weighted by atomic mass is 16.3. The number of benzene rings is 1. The van der Waals surface area contributed by atoms with Crippen LogP contribution in [-0.2, 0) is 6.42 Å². The number of fused-ring (bicyclic) bond motifs is 1. The smallest absolute Gasteiger partial charge is 0.0656 e. The van der Waals surface area contributed by atoms with Gasteiger partial charge in [0.15, 0.2) is 0 Å². The van der Waals surface area contributed by atoms with E-state index in [0.717, 1.165) is 25.2 Å². The van der Waals surface area contributed by atoms with E-state index in [1.165, 1.54) is 36.8 Å². The standard InChI is InChI=1S/C19H28O/c1-14-10-11-19(20,12-15(14)2)13-17-8-5-7-16-6-3-4-9-18(16)17/h3-4,6,9,14-15,17,20H,5,7-8,10-13H2,1-2H3. The number of hydrogen-bond acceptors (Lipinski definition) is 1. The normalized spacial score (nSPS) is 37.5. The van der Waals surface area contributed by atoms with Gasteiger partial charge in [-0.05, 0) is 73.8 Å². The molecule has 1 heteroatoms. The molecule has 2 aliphatic carbocycles. The Kier molecular flexibility index (Phi) is 3.90. The van der Waals surface area contributed by atoms with Crippen LogP contribution in [0.3, 0.4) is 0 Å². The van der Waals surface area contributed by atoms with Crippen molar-refractivity contribution < 1.29 is 5.11 Å². The summed E-state index contributed by atoms with van der Waals surface area (Å²) in [6.07, 6.45) is 7.91. The lowest BCUT2D eigenvalue weighted by Gasteiger charge is -2.42. The molecule has 2 aliphatic rings. The molecule has 1 fully saturated rings. The number of aryl methyl sites for hydroxylation is 1. The largest absolute Gasteiger partial charge is 0.390 e. The third-order valence-electron chi connectivity index (χ3n) is 5.86. The second-order valence-electron chi connectivity index (χ2n) is 7.41. The van der Waals surface area contributed by atoms with E-state index in [9.17, 15) is 5.11 Å². The number of aliphatic hydroxyl groups is 1. The first-order chi connectivity index (χ1) is 9.57. The van der Waals surface area contributed by atoms with Crippen molar-refractivity contribution in [1.29, 1.82) is 0 Å². The molecule has 0 aromatic heterocycles. The van der Waals surface area contributed by atoms with Crippen molar-refractivity contribution in [2.24, 2.45) is 11.8 Å². The summed E-state index contributed by atoms with van der Waals surface area (Å²) in [7, 11) is 0. The highest BCUT2D eigenvalue weighted by Gasteiger charge is 2.38. The van der Waals surface area contributed by atoms with Gasteiger partial charge < -0.3 is 5.11 Å². The van der Waals surface area contributed by atoms with Gasteiger partial charge in [0.1, 0.15) is 0 Å². The fraction of sp³-hybridized carbons (Fsp3) is 0.684. The Bertz CT molecular complexity index is 467. The van der Waals surface area contributed by atoms with E-state index in [2.05, 4.69) is 38.1 Å². The second-order valence-corrected chi connectivity index (χ2v) is 7.41. The van der Waals surface area contributed by atoms with Crippen LogP contribution in [0.5, 0.6) is 0 Å². The van der Waals surface area contributed by atoms with E-state index in [1.54, 1.807) is 0 Å². The number of rotatable bonds is 2. The highest BCUT2D eigenvalue weighted by Crippen LogP contribution is 2.44. The van der Waals surface area contributed by atoms with Crippen LogP contribution >= 0.6 is 0 Å². The molecular weight excluding hydrogens is 244 g/mol. The molecule has 3 rings (SSSR count). The summed E-state index contributed by atoms with van der Waals surface area (Å²) in [6, 6.07) is 8.88. The molecule has 110 valence electrons. The average molecular weight is 272 g/mol. The Morgan fingerprint density at radius 3 is 2.75 bits per heavy atom. The first kappa shape index (κ1) is 14.1. The Morgan fingerprint density at radius 2 is 1.95 bits per heavy atom. The zero-order valence-corrected chi connectivity index (χ0v) is 12.9. The predicted octanol–water partition coefficient (Wildman–Crippen LogP) is 4.68. The third kappa shape index (κ3) is 2.79. The first-order valence-electron chi connectivity index (χ1n) is 8.37. The van der Waals surface area contributed by atoms with Crippen molar-refractivity contribution >= 4 is 0 Å². The summed E-state index contributed by atoms with van der Waals surface area (Å²) < 4.78 is 0. The van der Waals surface area contributed by atoms with Gasteiger partial charge in [-0.2, -0.15) is 0 Å². The molecule has 1 nitrogen and oxygen atoms in total. The van der Waals surface area contributed by atoms with Crippen LogP contribution in [0.15, 0.2) is 24.3 Å². The average Bonchev–Trinajstić information content (AvgIpc) is 2.44. The summed E-state index contributed by atoms with van der Waals surface area (Å²) in [6.45, 7) is 4.64. The topological polar surface area (TPSA) is 20.2 Å². The minimum Gasteiger partial charge on any atom is -0.390 e. The summed E-state index contributed by atoms with van der Waals surface area (Å²) in [5, 5.41) is 11.0. The van der Waals surface area contributed by atoms with Crippen molar-refractivity contribution in [3.63, 3.8) is 0 Å². The molecule has 0 heterocycles. The molecule has 1 aromatic carbocycles. The van der Waals surface area contributed by atoms with Gasteiger partial charge in [0.05, 0.1) is 5.60 Å². The quantitative estimate of drug-likeness (QED) is 0.828. The summed E-state index contributed by atoms with van der Waals surface area (Å²) in [4.78, 5) is 0. The minimum absolute atomic E-state index is 0.416. The molecule has 0 radical (unpaired) electrons. The molecule has 1 saturated carbocycles. The van der Waals surface area contributed by atoms with E-state index in [0.29, 0.717) is 11.8 Å². The molecule has 1 aromatic rings. The fourth-order valence-corrected chi connectivity index (χ4v) is 4.39. The van der Waals surface area contributed by atoms with Crippen LogP contribution in [0.25, 0.3) is 0 Å². The van der Waals surface area contributed by atoms with Crippen molar-refractivity contribution in [1.82, 2.24) is 0 Å². The van der Waals surface area contributed by atoms with Crippen LogP contribution in [0, 0.1) is 11.8 Å². The van der Waals surface area contributed by atoms with Crippen LogP contribution < -0.4 is 0 Å². The zero-order valence-electron chi connectivity index (χ0n) is 12.9. The molecule has 0 amide bonds. The summed E-state index contributed by atoms with van der Waals surface area (Å²) in [5.74, 6) is 2.01. The van der Waals surface area contributed by atoms with Gasteiger partial charge in [-0.3, -0.25) is 0 Å². The third-order valence-corrected chi connectivity index (χ3v) is 5.86. The predicted molar refractivity (Wildman–Crippen MR) is 83.9 cm³/mol. The molecule has 0 aliphatic heterocycles. The molecular formula is C19H28O. The SMILES string of the molecule is CC1CCC(O)(CC2CCCc3ccccc32)CC1C. The van der Waals surface area contributed by atoms with Crippen molar-refractivity contribution in [3.8, 4) is 0 Å². The molecule has 4 unspecified atom stereocenters. The summed E-state index contributed by atoms with van der Waals surface area (Å²) in [5.41, 5.74) is 2.61. The minimum atomic E-state index is -0.416. The van der Waals surface area contributed by atoms with Crippen LogP contribution in [0.1, 0.15) is 69.4 Å².